The molecule has 4 aromatic heterocycles. The second kappa shape index (κ2) is 21.5. The number of hydrogen-bond donors (Lipinski definition) is 0. The van der Waals surface area contributed by atoms with Gasteiger partial charge in [-0.1, -0.05) is 291 Å². The van der Waals surface area contributed by atoms with E-state index in [-0.39, 0.29) is 0 Å². The maximum absolute atomic E-state index is 5.76. The SMILES string of the molecule is C=C/C=c1/cc(-c2nc(-n3c4ccccc4c4c5c(ccc43)C3(c4ccc(-c6ccc7nc(-n8c9ccccc9c9c%10c(ccc98)C8(c9ccccc9S%10)c9ccccc9-c9ccccc98)nc(-c8ccccc8)c7c6)cc4S5)c4ccccc4-c4ccccc43)nc3ccccc23)ccc1=C. The summed E-state index contributed by atoms with van der Waals surface area (Å²) in [4.78, 5) is 27.4. The summed E-state index contributed by atoms with van der Waals surface area (Å²) in [5.74, 6) is 1.23. The summed E-state index contributed by atoms with van der Waals surface area (Å²) >= 11 is 3.76. The Bertz CT molecular complexity index is 6810. The first-order chi connectivity index (χ1) is 50.4. The predicted molar refractivity (Wildman–Crippen MR) is 420 cm³/mol. The molecule has 0 fully saturated rings. The van der Waals surface area contributed by atoms with Crippen molar-refractivity contribution in [2.24, 2.45) is 0 Å². The molecule has 4 aliphatic rings. The second-order valence-corrected chi connectivity index (χ2v) is 29.3. The molecular formula is C94H56N6S2. The number of hydrogen-bond acceptors (Lipinski definition) is 6. The molecule has 2 aliphatic heterocycles. The fourth-order valence-electron chi connectivity index (χ4n) is 18.0. The molecule has 0 radical (unpaired) electrons. The molecule has 102 heavy (non-hydrogen) atoms. The maximum atomic E-state index is 5.76. The summed E-state index contributed by atoms with van der Waals surface area (Å²) < 4.78 is 4.60. The molecule has 6 heterocycles. The van der Waals surface area contributed by atoms with Crippen molar-refractivity contribution in [3.05, 3.63) is 371 Å². The molecule has 0 unspecified atom stereocenters. The van der Waals surface area contributed by atoms with Gasteiger partial charge in [0.05, 0.1) is 55.3 Å². The van der Waals surface area contributed by atoms with E-state index < -0.39 is 10.8 Å². The van der Waals surface area contributed by atoms with Gasteiger partial charge in [-0.25, -0.2) is 19.9 Å². The van der Waals surface area contributed by atoms with Gasteiger partial charge < -0.3 is 0 Å². The van der Waals surface area contributed by atoms with Gasteiger partial charge in [-0.2, -0.15) is 0 Å². The fourth-order valence-corrected chi connectivity index (χ4v) is 20.7. The van der Waals surface area contributed by atoms with E-state index in [1.54, 1.807) is 0 Å². The number of allylic oxidation sites excluding steroid dienone is 1. The van der Waals surface area contributed by atoms with Gasteiger partial charge in [-0.15, -0.1) is 0 Å². The minimum Gasteiger partial charge on any atom is -0.278 e. The third-order valence-electron chi connectivity index (χ3n) is 22.2. The van der Waals surface area contributed by atoms with Gasteiger partial charge in [-0.3, -0.25) is 9.13 Å². The third kappa shape index (κ3) is 7.71. The Hall–Kier alpha value is -12.5. The number of aromatic nitrogens is 6. The normalized spacial score (nSPS) is 14.1. The highest BCUT2D eigenvalue weighted by Gasteiger charge is 2.53. The minimum absolute atomic E-state index is 0.513. The van der Waals surface area contributed by atoms with Crippen LogP contribution in [0.2, 0.25) is 0 Å². The molecule has 0 N–H and O–H groups in total. The summed E-state index contributed by atoms with van der Waals surface area (Å²) in [6.45, 7) is 8.35. The number of benzene rings is 14. The molecule has 0 atom stereocenters. The Morgan fingerprint density at radius 2 is 0.755 bits per heavy atom. The van der Waals surface area contributed by atoms with Crippen molar-refractivity contribution >= 4 is 102 Å². The average molecular weight is 1330 g/mol. The molecule has 22 rings (SSSR count). The van der Waals surface area contributed by atoms with Crippen LogP contribution in [-0.2, 0) is 10.8 Å². The first kappa shape index (κ1) is 57.4. The molecule has 2 aliphatic carbocycles. The van der Waals surface area contributed by atoms with Crippen LogP contribution in [0.15, 0.2) is 336 Å². The molecule has 0 amide bonds. The van der Waals surface area contributed by atoms with Crippen molar-refractivity contribution < 1.29 is 0 Å². The van der Waals surface area contributed by atoms with E-state index >= 15 is 0 Å². The lowest BCUT2D eigenvalue weighted by Crippen LogP contribution is -2.32. The number of fused-ring (bicyclic) bond motifs is 28. The highest BCUT2D eigenvalue weighted by Crippen LogP contribution is 2.66. The van der Waals surface area contributed by atoms with Crippen molar-refractivity contribution in [2.45, 2.75) is 30.4 Å². The first-order valence-corrected chi connectivity index (χ1v) is 36.3. The molecule has 0 saturated carbocycles. The molecule has 2 spiro atoms. The smallest absolute Gasteiger partial charge is 0.235 e. The van der Waals surface area contributed by atoms with E-state index in [1.807, 2.05) is 35.7 Å². The number of para-hydroxylation sites is 3. The van der Waals surface area contributed by atoms with Crippen LogP contribution in [0.25, 0.3) is 146 Å². The molecule has 474 valence electrons. The van der Waals surface area contributed by atoms with Gasteiger partial charge in [0, 0.05) is 63.0 Å². The van der Waals surface area contributed by atoms with Crippen molar-refractivity contribution in [3.63, 3.8) is 0 Å². The van der Waals surface area contributed by atoms with E-state index in [9.17, 15) is 0 Å². The lowest BCUT2D eigenvalue weighted by molar-refractivity contribution is 0.726. The van der Waals surface area contributed by atoms with Crippen LogP contribution in [-0.4, -0.2) is 29.1 Å². The quantitative estimate of drug-likeness (QED) is 0.165. The van der Waals surface area contributed by atoms with E-state index in [0.717, 1.165) is 93.3 Å². The Balaban J connectivity index is 0.733. The third-order valence-corrected chi connectivity index (χ3v) is 24.6. The summed E-state index contributed by atoms with van der Waals surface area (Å²) in [6, 6.07) is 112. The molecule has 0 bridgehead atoms. The molecule has 18 aromatic rings. The van der Waals surface area contributed by atoms with Crippen molar-refractivity contribution in [3.8, 4) is 67.8 Å². The topological polar surface area (TPSA) is 61.4 Å². The van der Waals surface area contributed by atoms with E-state index in [2.05, 4.69) is 326 Å². The molecular weight excluding hydrogens is 1280 g/mol. The summed E-state index contributed by atoms with van der Waals surface area (Å²) in [5, 5.41) is 8.55. The minimum atomic E-state index is -0.649. The van der Waals surface area contributed by atoms with Crippen LogP contribution in [0.1, 0.15) is 44.5 Å². The lowest BCUT2D eigenvalue weighted by Gasteiger charge is -2.40. The standard InChI is InChI=1S/C94H56N6S2/c1-3-23-57-52-60(43-42-55(57)2)88-65-30-11-19-38-77(65)95-91(98-88)99-80-40-21-13-32-67(80)86-82(99)51-48-76-90(86)102-84-54-59(44-46-74(84)94(76)71-35-16-9-28-63(71)64-29-10-17-36-72(64)94)58-45-49-78-68(53-58)87(56-24-5-4-6-25-56)97-92(96-78)100-79-39-20-12-31-66(79)85-81(100)50-47-75-89(85)101-83-41-22-18-37-73(83)93(75)69-33-14-7-26-61(69)62-27-8-15-34-70(62)93/h3-54H,1-2H2/b57-23-. The van der Waals surface area contributed by atoms with Gasteiger partial charge in [0.2, 0.25) is 11.9 Å². The zero-order valence-corrected chi connectivity index (χ0v) is 56.6. The summed E-state index contributed by atoms with van der Waals surface area (Å²) in [5.41, 5.74) is 26.1. The van der Waals surface area contributed by atoms with Gasteiger partial charge in [0.15, 0.2) is 0 Å². The Labute approximate surface area is 595 Å². The highest BCUT2D eigenvalue weighted by molar-refractivity contribution is 8.00. The molecule has 8 heteroatoms. The summed E-state index contributed by atoms with van der Waals surface area (Å²) in [6.07, 6.45) is 3.82. The molecule has 0 saturated heterocycles. The lowest BCUT2D eigenvalue weighted by atomic mass is 9.67. The van der Waals surface area contributed by atoms with Crippen LogP contribution in [0.3, 0.4) is 0 Å². The number of nitrogens with zero attached hydrogens (tertiary/aromatic N) is 6. The van der Waals surface area contributed by atoms with Crippen LogP contribution in [0, 0.1) is 0 Å². The van der Waals surface area contributed by atoms with Gasteiger partial charge in [-0.05, 0) is 149 Å². The zero-order valence-electron chi connectivity index (χ0n) is 54.9. The second-order valence-electron chi connectivity index (χ2n) is 27.1. The Morgan fingerprint density at radius 3 is 1.34 bits per heavy atom. The Kier molecular flexibility index (Phi) is 12.1. The van der Waals surface area contributed by atoms with E-state index in [0.29, 0.717) is 11.9 Å². The zero-order chi connectivity index (χ0) is 67.1. The van der Waals surface area contributed by atoms with Crippen molar-refractivity contribution in [1.82, 2.24) is 29.1 Å². The number of rotatable bonds is 6. The van der Waals surface area contributed by atoms with Gasteiger partial charge >= 0.3 is 0 Å². The predicted octanol–water partition coefficient (Wildman–Crippen LogP) is 21.8. The molecule has 6 nitrogen and oxygen atoms in total. The van der Waals surface area contributed by atoms with Gasteiger partial charge in [0.25, 0.3) is 0 Å². The largest absolute Gasteiger partial charge is 0.278 e. The maximum Gasteiger partial charge on any atom is 0.235 e. The summed E-state index contributed by atoms with van der Waals surface area (Å²) in [7, 11) is 0. The van der Waals surface area contributed by atoms with Crippen LogP contribution in [0.5, 0.6) is 0 Å². The van der Waals surface area contributed by atoms with Crippen LogP contribution < -0.4 is 10.4 Å². The Morgan fingerprint density at radius 1 is 0.314 bits per heavy atom. The van der Waals surface area contributed by atoms with E-state index in [4.69, 9.17) is 19.9 Å². The highest BCUT2D eigenvalue weighted by atomic mass is 32.2. The fraction of sp³-hybridized carbons (Fsp3) is 0.0213. The van der Waals surface area contributed by atoms with E-state index in [1.165, 1.54) is 103 Å². The van der Waals surface area contributed by atoms with Crippen LogP contribution >= 0.6 is 23.5 Å². The molecule has 14 aromatic carbocycles. The van der Waals surface area contributed by atoms with Gasteiger partial charge in [0.1, 0.15) is 0 Å². The monoisotopic (exact) mass is 1330 g/mol. The van der Waals surface area contributed by atoms with Crippen LogP contribution in [0.4, 0.5) is 0 Å². The average Bonchev–Trinajstić information content (AvgIpc) is 1.60. The van der Waals surface area contributed by atoms with Crippen molar-refractivity contribution in [1.29, 1.82) is 0 Å². The first-order valence-electron chi connectivity index (χ1n) is 34.6. The van der Waals surface area contributed by atoms with Crippen molar-refractivity contribution in [2.75, 3.05) is 0 Å².